The molecule has 2 heterocycles. The van der Waals surface area contributed by atoms with Crippen molar-refractivity contribution in [2.45, 2.75) is 0 Å². The van der Waals surface area contributed by atoms with Crippen molar-refractivity contribution in [3.05, 3.63) is 41.9 Å². The molecule has 2 rings (SSSR count). The first-order valence-electron chi connectivity index (χ1n) is 4.31. The molecule has 16 heavy (non-hydrogen) atoms. The lowest BCUT2D eigenvalue weighted by Gasteiger charge is -1.99. The second-order valence-corrected chi connectivity index (χ2v) is 2.97. The summed E-state index contributed by atoms with van der Waals surface area (Å²) in [6.07, 6.45) is 4.15. The van der Waals surface area contributed by atoms with E-state index in [1.54, 1.807) is 0 Å². The highest BCUT2D eigenvalue weighted by Gasteiger charge is 2.09. The van der Waals surface area contributed by atoms with E-state index in [1.807, 2.05) is 0 Å². The van der Waals surface area contributed by atoms with E-state index in [-0.39, 0.29) is 11.6 Å². The van der Waals surface area contributed by atoms with Gasteiger partial charge in [0.25, 0.3) is 5.82 Å². The maximum Gasteiger partial charge on any atom is 0.288 e. The largest absolute Gasteiger partial charge is 0.381 e. The van der Waals surface area contributed by atoms with Gasteiger partial charge in [-0.1, -0.05) is 6.57 Å². The van der Waals surface area contributed by atoms with Gasteiger partial charge >= 0.3 is 0 Å². The zero-order valence-corrected chi connectivity index (χ0v) is 8.05. The van der Waals surface area contributed by atoms with Crippen molar-refractivity contribution in [2.75, 3.05) is 5.73 Å². The Balaban J connectivity index is 2.51. The number of aromatic nitrogens is 3. The van der Waals surface area contributed by atoms with Crippen LogP contribution in [0.4, 0.5) is 16.0 Å². The quantitative estimate of drug-likeness (QED) is 0.736. The van der Waals surface area contributed by atoms with Crippen LogP contribution in [0.5, 0.6) is 0 Å². The first kappa shape index (κ1) is 9.98. The van der Waals surface area contributed by atoms with Crippen LogP contribution >= 0.6 is 0 Å². The maximum atomic E-state index is 13.2. The number of anilines is 1. The van der Waals surface area contributed by atoms with Crippen molar-refractivity contribution in [1.29, 1.82) is 0 Å². The normalized spacial score (nSPS) is 9.75. The molecule has 0 bridgehead atoms. The minimum Gasteiger partial charge on any atom is -0.381 e. The summed E-state index contributed by atoms with van der Waals surface area (Å²) in [5.74, 6) is -0.639. The maximum absolute atomic E-state index is 13.2. The molecule has 0 atom stereocenters. The van der Waals surface area contributed by atoms with E-state index < -0.39 is 5.82 Å². The van der Waals surface area contributed by atoms with Crippen molar-refractivity contribution in [1.82, 2.24) is 15.0 Å². The monoisotopic (exact) mass is 215 g/mol. The molecule has 0 unspecified atom stereocenters. The molecular formula is C10H6FN5. The van der Waals surface area contributed by atoms with Crippen molar-refractivity contribution < 1.29 is 4.39 Å². The van der Waals surface area contributed by atoms with Gasteiger partial charge in [-0.15, -0.1) is 4.98 Å². The third-order valence-corrected chi connectivity index (χ3v) is 1.90. The first-order chi connectivity index (χ1) is 7.70. The number of halogens is 1. The summed E-state index contributed by atoms with van der Waals surface area (Å²) in [5, 5.41) is 0. The minimum atomic E-state index is -0.618. The molecule has 0 aliphatic rings. The van der Waals surface area contributed by atoms with Crippen LogP contribution in [-0.2, 0) is 0 Å². The van der Waals surface area contributed by atoms with E-state index in [4.69, 9.17) is 12.3 Å². The zero-order valence-electron chi connectivity index (χ0n) is 8.05. The number of nitrogens with zero attached hydrogens (tertiary/aromatic N) is 4. The molecule has 5 nitrogen and oxygen atoms in total. The molecule has 6 heteroatoms. The fourth-order valence-corrected chi connectivity index (χ4v) is 1.14. The Morgan fingerprint density at radius 2 is 2.12 bits per heavy atom. The standard InChI is InChI=1S/C10H6FN5/c1-13-9-5-14-4-8(16-9)6-2-7(11)10(12)15-3-6/h2-5H,(H2,12,15). The van der Waals surface area contributed by atoms with Crippen LogP contribution in [0.2, 0.25) is 0 Å². The lowest BCUT2D eigenvalue weighted by Crippen LogP contribution is -1.95. The molecule has 2 aromatic heterocycles. The number of rotatable bonds is 1. The van der Waals surface area contributed by atoms with Crippen molar-refractivity contribution in [3.8, 4) is 11.3 Å². The lowest BCUT2D eigenvalue weighted by atomic mass is 10.2. The Labute approximate surface area is 90.6 Å². The summed E-state index contributed by atoms with van der Waals surface area (Å²) in [6, 6.07) is 1.21. The van der Waals surface area contributed by atoms with Gasteiger partial charge < -0.3 is 10.6 Å². The second-order valence-electron chi connectivity index (χ2n) is 2.97. The van der Waals surface area contributed by atoms with Gasteiger partial charge in [-0.05, 0) is 6.07 Å². The number of nitrogen functional groups attached to an aromatic ring is 1. The molecule has 0 saturated heterocycles. The third kappa shape index (κ3) is 1.79. The Bertz CT molecular complexity index is 576. The SMILES string of the molecule is [C-]#[N+]c1cncc(-c2cnc(N)c(F)c2)n1. The van der Waals surface area contributed by atoms with Crippen LogP contribution in [0, 0.1) is 12.4 Å². The second kappa shape index (κ2) is 3.90. The van der Waals surface area contributed by atoms with E-state index in [0.717, 1.165) is 0 Å². The first-order valence-corrected chi connectivity index (χ1v) is 4.31. The molecule has 2 aromatic rings. The zero-order chi connectivity index (χ0) is 11.5. The minimum absolute atomic E-state index is 0.148. The Morgan fingerprint density at radius 3 is 2.81 bits per heavy atom. The van der Waals surface area contributed by atoms with Crippen LogP contribution in [0.15, 0.2) is 24.7 Å². The Kier molecular flexibility index (Phi) is 2.44. The van der Waals surface area contributed by atoms with Gasteiger partial charge in [-0.25, -0.2) is 9.37 Å². The molecule has 0 saturated carbocycles. The molecule has 0 radical (unpaired) electrons. The predicted molar refractivity (Wildman–Crippen MR) is 55.9 cm³/mol. The fraction of sp³-hybridized carbons (Fsp3) is 0. The van der Waals surface area contributed by atoms with Crippen LogP contribution in [0.1, 0.15) is 0 Å². The van der Waals surface area contributed by atoms with Crippen LogP contribution in [-0.4, -0.2) is 15.0 Å². The number of hydrogen-bond acceptors (Lipinski definition) is 4. The van der Waals surface area contributed by atoms with E-state index in [9.17, 15) is 4.39 Å². The number of nitrogens with two attached hydrogens (primary N) is 1. The molecular weight excluding hydrogens is 209 g/mol. The fourth-order valence-electron chi connectivity index (χ4n) is 1.14. The predicted octanol–water partition coefficient (Wildman–Crippen LogP) is 1.81. The summed E-state index contributed by atoms with van der Waals surface area (Å²) in [5.41, 5.74) is 6.08. The summed E-state index contributed by atoms with van der Waals surface area (Å²) < 4.78 is 13.2. The van der Waals surface area contributed by atoms with E-state index >= 15 is 0 Å². The number of pyridine rings is 1. The molecule has 2 N–H and O–H groups in total. The van der Waals surface area contributed by atoms with Gasteiger partial charge in [-0.3, -0.25) is 4.98 Å². The van der Waals surface area contributed by atoms with E-state index in [1.165, 1.54) is 24.7 Å². The highest BCUT2D eigenvalue weighted by atomic mass is 19.1. The van der Waals surface area contributed by atoms with Crippen molar-refractivity contribution in [3.63, 3.8) is 0 Å². The average molecular weight is 215 g/mol. The van der Waals surface area contributed by atoms with Gasteiger partial charge in [0.15, 0.2) is 17.3 Å². The van der Waals surface area contributed by atoms with Crippen LogP contribution < -0.4 is 5.73 Å². The van der Waals surface area contributed by atoms with Gasteiger partial charge in [-0.2, -0.15) is 0 Å². The molecule has 78 valence electrons. The topological polar surface area (TPSA) is 69.0 Å². The molecule has 0 aliphatic heterocycles. The molecule has 0 spiro atoms. The van der Waals surface area contributed by atoms with E-state index in [2.05, 4.69) is 19.8 Å². The molecule has 0 aliphatic carbocycles. The lowest BCUT2D eigenvalue weighted by molar-refractivity contribution is 0.627. The molecule has 0 amide bonds. The highest BCUT2D eigenvalue weighted by Crippen LogP contribution is 2.20. The average Bonchev–Trinajstić information content (AvgIpc) is 2.33. The third-order valence-electron chi connectivity index (χ3n) is 1.90. The highest BCUT2D eigenvalue weighted by molar-refractivity contribution is 5.60. The van der Waals surface area contributed by atoms with Gasteiger partial charge in [0.05, 0.1) is 12.4 Å². The Morgan fingerprint density at radius 1 is 1.31 bits per heavy atom. The van der Waals surface area contributed by atoms with Crippen molar-refractivity contribution >= 4 is 11.6 Å². The van der Waals surface area contributed by atoms with Crippen molar-refractivity contribution in [2.24, 2.45) is 0 Å². The molecule has 0 aromatic carbocycles. The van der Waals surface area contributed by atoms with Gasteiger partial charge in [0.2, 0.25) is 0 Å². The van der Waals surface area contributed by atoms with E-state index in [0.29, 0.717) is 11.3 Å². The Hall–Kier alpha value is -2.55. The number of hydrogen-bond donors (Lipinski definition) is 1. The van der Waals surface area contributed by atoms with Gasteiger partial charge in [0, 0.05) is 11.8 Å². The summed E-state index contributed by atoms with van der Waals surface area (Å²) in [7, 11) is 0. The summed E-state index contributed by atoms with van der Waals surface area (Å²) in [4.78, 5) is 14.6. The smallest absolute Gasteiger partial charge is 0.288 e. The summed E-state index contributed by atoms with van der Waals surface area (Å²) in [6.45, 7) is 6.79. The van der Waals surface area contributed by atoms with Crippen LogP contribution in [0.3, 0.4) is 0 Å². The van der Waals surface area contributed by atoms with Crippen LogP contribution in [0.25, 0.3) is 16.1 Å². The summed E-state index contributed by atoms with van der Waals surface area (Å²) >= 11 is 0. The molecule has 0 fully saturated rings. The van der Waals surface area contributed by atoms with Gasteiger partial charge in [0.1, 0.15) is 0 Å².